The first-order valence-corrected chi connectivity index (χ1v) is 8.25. The summed E-state index contributed by atoms with van der Waals surface area (Å²) in [7, 11) is 0. The van der Waals surface area contributed by atoms with Gasteiger partial charge in [-0.25, -0.2) is 4.99 Å². The fourth-order valence-corrected chi connectivity index (χ4v) is 1.86. The van der Waals surface area contributed by atoms with Crippen molar-refractivity contribution >= 4 is 29.4 Å². The van der Waals surface area contributed by atoms with Crippen LogP contribution in [0.15, 0.2) is 90.4 Å². The van der Waals surface area contributed by atoms with E-state index < -0.39 is 12.3 Å². The van der Waals surface area contributed by atoms with E-state index in [-0.39, 0.29) is 5.76 Å². The third-order valence-corrected chi connectivity index (χ3v) is 3.11. The summed E-state index contributed by atoms with van der Waals surface area (Å²) in [5.74, 6) is -0.302. The average Bonchev–Trinajstić information content (AvgIpc) is 2.64. The molecule has 4 N–H and O–H groups in total. The van der Waals surface area contributed by atoms with E-state index in [1.165, 1.54) is 18.5 Å². The lowest BCUT2D eigenvalue weighted by Gasteiger charge is -2.14. The molecule has 0 spiro atoms. The SMILES string of the molecule is C=C/C(=C\C=C\NC(O)Nc1ccc(NCl)cc1)OC(=C)/C=C(F)\N=C/C. The van der Waals surface area contributed by atoms with E-state index in [9.17, 15) is 9.50 Å². The number of nitrogens with zero attached hydrogens (tertiary/aromatic N) is 1. The molecule has 1 aromatic carbocycles. The highest BCUT2D eigenvalue weighted by Gasteiger charge is 2.00. The maximum Gasteiger partial charge on any atom is 0.216 e. The van der Waals surface area contributed by atoms with Crippen LogP contribution >= 0.6 is 11.8 Å². The normalized spacial score (nSPS) is 13.5. The zero-order valence-corrected chi connectivity index (χ0v) is 15.6. The van der Waals surface area contributed by atoms with Crippen LogP contribution in [0.3, 0.4) is 0 Å². The number of aliphatic imine (C=N–C) groups is 1. The van der Waals surface area contributed by atoms with Crippen molar-refractivity contribution in [2.24, 2.45) is 4.99 Å². The zero-order chi connectivity index (χ0) is 20.1. The molecule has 1 atom stereocenters. The number of nitrogens with one attached hydrogen (secondary N) is 3. The van der Waals surface area contributed by atoms with Crippen molar-refractivity contribution in [3.8, 4) is 0 Å². The molecule has 6 nitrogen and oxygen atoms in total. The number of ether oxygens (including phenoxy) is 1. The van der Waals surface area contributed by atoms with Gasteiger partial charge in [-0.3, -0.25) is 4.84 Å². The molecule has 0 saturated carbocycles. The second-order valence-corrected chi connectivity index (χ2v) is 5.13. The molecule has 1 aromatic rings. The Morgan fingerprint density at radius 2 is 2.00 bits per heavy atom. The molecule has 144 valence electrons. The van der Waals surface area contributed by atoms with Crippen LogP contribution in [0.2, 0.25) is 0 Å². The van der Waals surface area contributed by atoms with Crippen LogP contribution in [0.25, 0.3) is 0 Å². The monoisotopic (exact) mass is 392 g/mol. The molecule has 0 aliphatic rings. The second-order valence-electron chi connectivity index (χ2n) is 4.94. The van der Waals surface area contributed by atoms with Gasteiger partial charge in [-0.15, -0.1) is 0 Å². The number of benzene rings is 1. The summed E-state index contributed by atoms with van der Waals surface area (Å²) in [5.41, 5.74) is 1.44. The van der Waals surface area contributed by atoms with Gasteiger partial charge < -0.3 is 20.5 Å². The van der Waals surface area contributed by atoms with Gasteiger partial charge in [-0.05, 0) is 49.4 Å². The highest BCUT2D eigenvalue weighted by Crippen LogP contribution is 2.14. The maximum atomic E-state index is 13.2. The molecule has 1 rings (SSSR count). The first kappa shape index (κ1) is 22.0. The van der Waals surface area contributed by atoms with Crippen molar-refractivity contribution < 1.29 is 14.2 Å². The first-order chi connectivity index (χ1) is 13.0. The highest BCUT2D eigenvalue weighted by atomic mass is 35.5. The van der Waals surface area contributed by atoms with E-state index in [1.807, 2.05) is 0 Å². The molecule has 0 aliphatic heterocycles. The number of anilines is 2. The van der Waals surface area contributed by atoms with Crippen LogP contribution in [-0.4, -0.2) is 17.7 Å². The molecule has 0 bridgehead atoms. The van der Waals surface area contributed by atoms with Gasteiger partial charge in [0.2, 0.25) is 12.3 Å². The summed E-state index contributed by atoms with van der Waals surface area (Å²) < 4.78 is 18.6. The molecule has 0 aromatic heterocycles. The maximum absolute atomic E-state index is 13.2. The summed E-state index contributed by atoms with van der Waals surface area (Å²) in [6.07, 6.45) is 7.44. The number of aliphatic hydroxyl groups excluding tert-OH is 1. The fourth-order valence-electron chi connectivity index (χ4n) is 1.74. The molecule has 27 heavy (non-hydrogen) atoms. The van der Waals surface area contributed by atoms with Gasteiger partial charge in [0.25, 0.3) is 0 Å². The van der Waals surface area contributed by atoms with Gasteiger partial charge in [0.15, 0.2) is 0 Å². The molecule has 0 fully saturated rings. The quantitative estimate of drug-likeness (QED) is 0.111. The number of rotatable bonds is 11. The van der Waals surface area contributed by atoms with Crippen molar-refractivity contribution in [3.05, 3.63) is 85.4 Å². The second kappa shape index (κ2) is 12.3. The van der Waals surface area contributed by atoms with Crippen LogP contribution < -0.4 is 15.5 Å². The molecule has 1 unspecified atom stereocenters. The largest absolute Gasteiger partial charge is 0.458 e. The Bertz CT molecular complexity index is 743. The van der Waals surface area contributed by atoms with Crippen molar-refractivity contribution in [2.75, 3.05) is 10.2 Å². The van der Waals surface area contributed by atoms with E-state index >= 15 is 0 Å². The van der Waals surface area contributed by atoms with Crippen LogP contribution in [-0.2, 0) is 4.74 Å². The standard InChI is InChI=1S/C19H22ClFN4O2/c1-4-17(27-14(3)13-18(21)22-5-2)7-6-12-23-19(26)24-15-8-10-16(25-20)11-9-15/h4-13,19,23-26H,1,3H2,2H3/b12-6+,17-7+,18-13-,22-5-. The molecule has 0 saturated heterocycles. The molecule has 0 amide bonds. The smallest absolute Gasteiger partial charge is 0.216 e. The molecule has 0 radical (unpaired) electrons. The van der Waals surface area contributed by atoms with Crippen LogP contribution in [0, 0.1) is 0 Å². The summed E-state index contributed by atoms with van der Waals surface area (Å²) in [6, 6.07) is 7.02. The third-order valence-electron chi connectivity index (χ3n) is 2.89. The minimum atomic E-state index is -1.02. The summed E-state index contributed by atoms with van der Waals surface area (Å²) in [6.45, 7) is 8.78. The Morgan fingerprint density at radius 3 is 2.59 bits per heavy atom. The predicted molar refractivity (Wildman–Crippen MR) is 110 cm³/mol. The van der Waals surface area contributed by atoms with Gasteiger partial charge in [0, 0.05) is 41.6 Å². The topological polar surface area (TPSA) is 77.9 Å². The van der Waals surface area contributed by atoms with E-state index in [1.54, 1.807) is 43.3 Å². The van der Waals surface area contributed by atoms with Gasteiger partial charge in [-0.1, -0.05) is 13.2 Å². The Hall–Kier alpha value is -3.03. The molecular weight excluding hydrogens is 371 g/mol. The number of allylic oxidation sites excluding steroid dienone is 4. The number of aliphatic hydroxyl groups is 1. The van der Waals surface area contributed by atoms with Crippen molar-refractivity contribution in [3.63, 3.8) is 0 Å². The fraction of sp³-hybridized carbons (Fsp3) is 0.105. The summed E-state index contributed by atoms with van der Waals surface area (Å²) >= 11 is 5.48. The summed E-state index contributed by atoms with van der Waals surface area (Å²) in [5, 5.41) is 15.4. The molecule has 0 heterocycles. The lowest BCUT2D eigenvalue weighted by atomic mass is 10.3. The Balaban J connectivity index is 2.52. The number of hydrogen-bond acceptors (Lipinski definition) is 6. The average molecular weight is 393 g/mol. The predicted octanol–water partition coefficient (Wildman–Crippen LogP) is 4.55. The zero-order valence-electron chi connectivity index (χ0n) is 14.8. The lowest BCUT2D eigenvalue weighted by molar-refractivity contribution is 0.182. The van der Waals surface area contributed by atoms with Gasteiger partial charge >= 0.3 is 0 Å². The van der Waals surface area contributed by atoms with E-state index in [0.29, 0.717) is 11.4 Å². The van der Waals surface area contributed by atoms with Crippen LogP contribution in [0.4, 0.5) is 15.8 Å². The Morgan fingerprint density at radius 1 is 1.33 bits per heavy atom. The first-order valence-electron chi connectivity index (χ1n) is 7.87. The van der Waals surface area contributed by atoms with E-state index in [2.05, 4.69) is 33.6 Å². The third kappa shape index (κ3) is 9.29. The van der Waals surface area contributed by atoms with Crippen LogP contribution in [0.1, 0.15) is 6.92 Å². The minimum absolute atomic E-state index is 0.0715. The van der Waals surface area contributed by atoms with Crippen molar-refractivity contribution in [1.29, 1.82) is 0 Å². The van der Waals surface area contributed by atoms with Crippen molar-refractivity contribution in [1.82, 2.24) is 5.32 Å². The number of halogens is 2. The Kier molecular flexibility index (Phi) is 10.1. The van der Waals surface area contributed by atoms with Gasteiger partial charge in [0.1, 0.15) is 11.5 Å². The Labute approximate surface area is 163 Å². The van der Waals surface area contributed by atoms with Crippen molar-refractivity contribution in [2.45, 2.75) is 13.3 Å². The molecule has 8 heteroatoms. The lowest BCUT2D eigenvalue weighted by Crippen LogP contribution is -2.31. The van der Waals surface area contributed by atoms with E-state index in [0.717, 1.165) is 11.8 Å². The van der Waals surface area contributed by atoms with Crippen LogP contribution in [0.5, 0.6) is 0 Å². The summed E-state index contributed by atoms with van der Waals surface area (Å²) in [4.78, 5) is 5.94. The molecule has 0 aliphatic carbocycles. The van der Waals surface area contributed by atoms with Gasteiger partial charge in [-0.2, -0.15) is 4.39 Å². The van der Waals surface area contributed by atoms with Gasteiger partial charge in [0.05, 0.1) is 0 Å². The highest BCUT2D eigenvalue weighted by molar-refractivity contribution is 6.23. The molecular formula is C19H22ClFN4O2. The minimum Gasteiger partial charge on any atom is -0.458 e. The number of hydrogen-bond donors (Lipinski definition) is 4. The van der Waals surface area contributed by atoms with E-state index in [4.69, 9.17) is 16.5 Å².